The average molecular weight is 252 g/mol. The van der Waals surface area contributed by atoms with E-state index in [1.54, 1.807) is 6.07 Å². The van der Waals surface area contributed by atoms with Gasteiger partial charge in [0.1, 0.15) is 0 Å². The number of aromatic hydroxyl groups is 1. The molecule has 1 aliphatic rings. The Bertz CT molecular complexity index is 490. The topological polar surface area (TPSA) is 78.4 Å². The van der Waals surface area contributed by atoms with E-state index in [9.17, 15) is 19.1 Å². The van der Waals surface area contributed by atoms with Gasteiger partial charge in [0, 0.05) is 18.5 Å². The lowest BCUT2D eigenvalue weighted by molar-refractivity contribution is -0.134. The molecule has 2 rings (SSSR count). The second kappa shape index (κ2) is 5.14. The molecule has 0 aromatic heterocycles. The van der Waals surface area contributed by atoms with Crippen LogP contribution in [0.3, 0.4) is 0 Å². The zero-order valence-electron chi connectivity index (χ0n) is 9.57. The fraction of sp³-hybridized carbons (Fsp3) is 0.333. The number of nitrogens with one attached hydrogen (secondary N) is 2. The molecule has 1 fully saturated rings. The molecule has 5 nitrogen and oxygen atoms in total. The summed E-state index contributed by atoms with van der Waals surface area (Å²) in [7, 11) is 0. The summed E-state index contributed by atoms with van der Waals surface area (Å²) < 4.78 is 13.1. The van der Waals surface area contributed by atoms with Gasteiger partial charge >= 0.3 is 0 Å². The lowest BCUT2D eigenvalue weighted by Gasteiger charge is -2.22. The number of piperidine rings is 1. The lowest BCUT2D eigenvalue weighted by Crippen LogP contribution is -2.50. The van der Waals surface area contributed by atoms with Crippen LogP contribution in [0.25, 0.3) is 0 Å². The maximum Gasteiger partial charge on any atom is 0.243 e. The zero-order chi connectivity index (χ0) is 13.1. The quantitative estimate of drug-likeness (QED) is 0.681. The largest absolute Gasteiger partial charge is 0.505 e. The van der Waals surface area contributed by atoms with Crippen LogP contribution in [0.5, 0.6) is 5.75 Å². The van der Waals surface area contributed by atoms with Crippen LogP contribution in [-0.2, 0) is 16.1 Å². The highest BCUT2D eigenvalue weighted by molar-refractivity contribution is 6.00. The summed E-state index contributed by atoms with van der Waals surface area (Å²) in [5.41, 5.74) is 0.375. The van der Waals surface area contributed by atoms with Gasteiger partial charge in [-0.2, -0.15) is 0 Å². The van der Waals surface area contributed by atoms with Crippen LogP contribution in [0.15, 0.2) is 18.2 Å². The first kappa shape index (κ1) is 12.5. The molecule has 3 N–H and O–H groups in total. The molecule has 1 aromatic carbocycles. The van der Waals surface area contributed by atoms with Crippen LogP contribution < -0.4 is 10.6 Å². The van der Waals surface area contributed by atoms with E-state index < -0.39 is 17.6 Å². The first-order valence-electron chi connectivity index (χ1n) is 5.61. The van der Waals surface area contributed by atoms with Crippen LogP contribution in [0.4, 0.5) is 4.39 Å². The van der Waals surface area contributed by atoms with Crippen LogP contribution in [-0.4, -0.2) is 23.0 Å². The number of phenolic OH excluding ortho intramolecular Hbond substituents is 1. The van der Waals surface area contributed by atoms with Gasteiger partial charge in [-0.25, -0.2) is 4.39 Å². The number of carbonyl (C=O) groups excluding carboxylic acids is 2. The summed E-state index contributed by atoms with van der Waals surface area (Å²) in [4.78, 5) is 22.4. The Morgan fingerprint density at radius 3 is 2.94 bits per heavy atom. The Kier molecular flexibility index (Phi) is 3.57. The Labute approximate surface area is 103 Å². The molecule has 6 heteroatoms. The van der Waals surface area contributed by atoms with Crippen molar-refractivity contribution in [3.05, 3.63) is 29.6 Å². The molecule has 0 aliphatic carbocycles. The number of amides is 2. The standard InChI is InChI=1S/C12H13FN2O3/c13-8-3-1-2-7(11(8)17)6-14-9-4-5-10(16)15-12(9)18/h1-3,9,14,17H,4-6H2,(H,15,16,18). The van der Waals surface area contributed by atoms with E-state index in [1.165, 1.54) is 6.07 Å². The van der Waals surface area contributed by atoms with Gasteiger partial charge in [-0.3, -0.25) is 14.9 Å². The summed E-state index contributed by atoms with van der Waals surface area (Å²) >= 11 is 0. The summed E-state index contributed by atoms with van der Waals surface area (Å²) in [6, 6.07) is 3.71. The third kappa shape index (κ3) is 2.65. The van der Waals surface area contributed by atoms with Crippen LogP contribution in [0, 0.1) is 5.82 Å². The van der Waals surface area contributed by atoms with Crippen LogP contribution >= 0.6 is 0 Å². The van der Waals surface area contributed by atoms with E-state index >= 15 is 0 Å². The Hall–Kier alpha value is -1.95. The summed E-state index contributed by atoms with van der Waals surface area (Å²) in [6.45, 7) is 0.163. The fourth-order valence-corrected chi connectivity index (χ4v) is 1.82. The number of hydrogen-bond donors (Lipinski definition) is 3. The summed E-state index contributed by atoms with van der Waals surface area (Å²) in [5.74, 6) is -1.79. The molecule has 18 heavy (non-hydrogen) atoms. The second-order valence-corrected chi connectivity index (χ2v) is 4.13. The molecule has 0 radical (unpaired) electrons. The third-order valence-corrected chi connectivity index (χ3v) is 2.85. The van der Waals surface area contributed by atoms with E-state index in [4.69, 9.17) is 0 Å². The fourth-order valence-electron chi connectivity index (χ4n) is 1.82. The number of benzene rings is 1. The number of hydrogen-bond acceptors (Lipinski definition) is 4. The van der Waals surface area contributed by atoms with Gasteiger partial charge in [0.05, 0.1) is 6.04 Å². The monoisotopic (exact) mass is 252 g/mol. The van der Waals surface area contributed by atoms with Crippen molar-refractivity contribution in [1.82, 2.24) is 10.6 Å². The minimum atomic E-state index is -0.697. The van der Waals surface area contributed by atoms with Crippen molar-refractivity contribution in [3.63, 3.8) is 0 Å². The molecule has 1 atom stereocenters. The van der Waals surface area contributed by atoms with E-state index in [-0.39, 0.29) is 24.8 Å². The van der Waals surface area contributed by atoms with Crippen molar-refractivity contribution >= 4 is 11.8 Å². The molecule has 1 aliphatic heterocycles. The zero-order valence-corrected chi connectivity index (χ0v) is 9.57. The first-order valence-corrected chi connectivity index (χ1v) is 5.61. The molecule has 96 valence electrons. The van der Waals surface area contributed by atoms with Gasteiger partial charge in [-0.1, -0.05) is 12.1 Å². The Morgan fingerprint density at radius 2 is 2.22 bits per heavy atom. The number of rotatable bonds is 3. The smallest absolute Gasteiger partial charge is 0.243 e. The minimum Gasteiger partial charge on any atom is -0.505 e. The predicted octanol–water partition coefficient (Wildman–Crippen LogP) is 0.426. The van der Waals surface area contributed by atoms with Gasteiger partial charge in [-0.05, 0) is 12.5 Å². The van der Waals surface area contributed by atoms with Crippen LogP contribution in [0.2, 0.25) is 0 Å². The van der Waals surface area contributed by atoms with Gasteiger partial charge in [-0.15, -0.1) is 0 Å². The number of halogens is 1. The molecule has 0 spiro atoms. The van der Waals surface area contributed by atoms with Crippen molar-refractivity contribution < 1.29 is 19.1 Å². The number of phenols is 1. The average Bonchev–Trinajstić information content (AvgIpc) is 2.33. The van der Waals surface area contributed by atoms with Crippen molar-refractivity contribution in [1.29, 1.82) is 0 Å². The Balaban J connectivity index is 1.97. The molecule has 0 saturated carbocycles. The maximum absolute atomic E-state index is 13.1. The molecular weight excluding hydrogens is 239 g/mol. The van der Waals surface area contributed by atoms with Gasteiger partial charge in [0.15, 0.2) is 11.6 Å². The van der Waals surface area contributed by atoms with E-state index in [1.807, 2.05) is 0 Å². The third-order valence-electron chi connectivity index (χ3n) is 2.85. The van der Waals surface area contributed by atoms with Gasteiger partial charge < -0.3 is 10.4 Å². The molecule has 1 aromatic rings. The van der Waals surface area contributed by atoms with Crippen molar-refractivity contribution in [2.24, 2.45) is 0 Å². The normalized spacial score (nSPS) is 19.7. The number of carbonyl (C=O) groups is 2. The highest BCUT2D eigenvalue weighted by atomic mass is 19.1. The Morgan fingerprint density at radius 1 is 1.44 bits per heavy atom. The summed E-state index contributed by atoms with van der Waals surface area (Å²) in [5, 5.41) is 14.6. The number of para-hydroxylation sites is 1. The summed E-state index contributed by atoms with van der Waals surface area (Å²) in [6.07, 6.45) is 0.680. The SMILES string of the molecule is O=C1CCC(NCc2cccc(F)c2O)C(=O)N1. The number of imide groups is 1. The predicted molar refractivity (Wildman–Crippen MR) is 61.1 cm³/mol. The molecular formula is C12H13FN2O3. The second-order valence-electron chi connectivity index (χ2n) is 4.13. The molecule has 1 heterocycles. The maximum atomic E-state index is 13.1. The van der Waals surface area contributed by atoms with Crippen molar-refractivity contribution in [2.75, 3.05) is 0 Å². The van der Waals surface area contributed by atoms with Gasteiger partial charge in [0.25, 0.3) is 0 Å². The van der Waals surface area contributed by atoms with E-state index in [0.717, 1.165) is 6.07 Å². The molecule has 0 bridgehead atoms. The highest BCUT2D eigenvalue weighted by Gasteiger charge is 2.26. The van der Waals surface area contributed by atoms with E-state index in [0.29, 0.717) is 12.0 Å². The molecule has 1 unspecified atom stereocenters. The molecule has 1 saturated heterocycles. The minimum absolute atomic E-state index is 0.163. The first-order chi connectivity index (χ1) is 8.58. The van der Waals surface area contributed by atoms with Gasteiger partial charge in [0.2, 0.25) is 11.8 Å². The lowest BCUT2D eigenvalue weighted by atomic mass is 10.1. The van der Waals surface area contributed by atoms with Crippen molar-refractivity contribution in [2.45, 2.75) is 25.4 Å². The van der Waals surface area contributed by atoms with Crippen molar-refractivity contribution in [3.8, 4) is 5.75 Å². The highest BCUT2D eigenvalue weighted by Crippen LogP contribution is 2.20. The molecule has 2 amide bonds. The van der Waals surface area contributed by atoms with E-state index in [2.05, 4.69) is 10.6 Å². The van der Waals surface area contributed by atoms with Crippen LogP contribution in [0.1, 0.15) is 18.4 Å².